The zero-order valence-corrected chi connectivity index (χ0v) is 10.1. The molecule has 2 aliphatic rings. The van der Waals surface area contributed by atoms with E-state index in [9.17, 15) is 4.79 Å². The highest BCUT2D eigenvalue weighted by Gasteiger charge is 2.40. The molecule has 0 radical (unpaired) electrons. The Morgan fingerprint density at radius 2 is 2.19 bits per heavy atom. The fourth-order valence-corrected chi connectivity index (χ4v) is 2.80. The van der Waals surface area contributed by atoms with E-state index >= 15 is 0 Å². The first-order valence-corrected chi connectivity index (χ1v) is 6.27. The van der Waals surface area contributed by atoms with Crippen molar-refractivity contribution in [1.29, 1.82) is 0 Å². The van der Waals surface area contributed by atoms with Gasteiger partial charge in [-0.2, -0.15) is 0 Å². The summed E-state index contributed by atoms with van der Waals surface area (Å²) in [6.45, 7) is 4.63. The van der Waals surface area contributed by atoms with Gasteiger partial charge in [0.05, 0.1) is 12.7 Å². The van der Waals surface area contributed by atoms with Crippen LogP contribution in [0.2, 0.25) is 0 Å². The van der Waals surface area contributed by atoms with Crippen LogP contribution in [0, 0.1) is 5.41 Å². The molecule has 4 nitrogen and oxygen atoms in total. The van der Waals surface area contributed by atoms with E-state index in [1.54, 1.807) is 0 Å². The smallest absolute Gasteiger partial charge is 0.228 e. The minimum atomic E-state index is -0.115. The van der Waals surface area contributed by atoms with Crippen molar-refractivity contribution in [3.8, 4) is 0 Å². The average Bonchev–Trinajstić information content (AvgIpc) is 2.76. The van der Waals surface area contributed by atoms with E-state index in [0.29, 0.717) is 25.6 Å². The molecule has 92 valence electrons. The number of hydrogen-bond donors (Lipinski definition) is 1. The molecule has 1 saturated heterocycles. The molecular weight excluding hydrogens is 204 g/mol. The molecule has 1 saturated carbocycles. The van der Waals surface area contributed by atoms with Gasteiger partial charge in [0.25, 0.3) is 0 Å². The van der Waals surface area contributed by atoms with Crippen LogP contribution in [0.3, 0.4) is 0 Å². The van der Waals surface area contributed by atoms with Gasteiger partial charge in [-0.1, -0.05) is 19.8 Å². The fraction of sp³-hybridized carbons (Fsp3) is 0.917. The summed E-state index contributed by atoms with van der Waals surface area (Å²) >= 11 is 0. The molecule has 0 aromatic heterocycles. The van der Waals surface area contributed by atoms with Crippen LogP contribution in [-0.4, -0.2) is 43.2 Å². The number of rotatable bonds is 2. The quantitative estimate of drug-likeness (QED) is 0.756. The van der Waals surface area contributed by atoms with Crippen molar-refractivity contribution >= 4 is 5.91 Å². The Bertz CT molecular complexity index is 262. The van der Waals surface area contributed by atoms with Crippen LogP contribution in [0.25, 0.3) is 0 Å². The lowest BCUT2D eigenvalue weighted by Crippen LogP contribution is -2.51. The van der Waals surface area contributed by atoms with Gasteiger partial charge in [-0.3, -0.25) is 4.79 Å². The molecule has 0 spiro atoms. The standard InChI is InChI=1S/C12H22N2O2/c1-12(4-2-3-5-12)11(15)14-6-7-16-10(8-13)9-14/h10H,2-9,13H2,1H3. The number of morpholine rings is 1. The highest BCUT2D eigenvalue weighted by molar-refractivity contribution is 5.82. The number of carbonyl (C=O) groups excluding carboxylic acids is 1. The second kappa shape index (κ2) is 4.72. The molecule has 1 aliphatic heterocycles. The monoisotopic (exact) mass is 226 g/mol. The molecule has 2 N–H and O–H groups in total. The molecule has 0 aromatic carbocycles. The number of ether oxygens (including phenoxy) is 1. The largest absolute Gasteiger partial charge is 0.373 e. The van der Waals surface area contributed by atoms with Gasteiger partial charge in [0.1, 0.15) is 0 Å². The Kier molecular flexibility index (Phi) is 3.50. The third-order valence-corrected chi connectivity index (χ3v) is 3.91. The Balaban J connectivity index is 1.98. The fourth-order valence-electron chi connectivity index (χ4n) is 2.80. The van der Waals surface area contributed by atoms with E-state index in [2.05, 4.69) is 6.92 Å². The van der Waals surface area contributed by atoms with Gasteiger partial charge in [-0.15, -0.1) is 0 Å². The van der Waals surface area contributed by atoms with Gasteiger partial charge in [-0.25, -0.2) is 0 Å². The SMILES string of the molecule is CC1(C(=O)N2CCOC(CN)C2)CCCC1. The minimum Gasteiger partial charge on any atom is -0.373 e. The second-order valence-corrected chi connectivity index (χ2v) is 5.25. The van der Waals surface area contributed by atoms with Crippen molar-refractivity contribution in [3.63, 3.8) is 0 Å². The molecule has 1 aliphatic carbocycles. The predicted octanol–water partition coefficient (Wildman–Crippen LogP) is 0.753. The highest BCUT2D eigenvalue weighted by Crippen LogP contribution is 2.39. The summed E-state index contributed by atoms with van der Waals surface area (Å²) < 4.78 is 5.48. The summed E-state index contributed by atoms with van der Waals surface area (Å²) in [4.78, 5) is 14.4. The Labute approximate surface area is 97.1 Å². The van der Waals surface area contributed by atoms with Crippen LogP contribution >= 0.6 is 0 Å². The topological polar surface area (TPSA) is 55.6 Å². The summed E-state index contributed by atoms with van der Waals surface area (Å²) in [6, 6.07) is 0. The molecule has 2 rings (SSSR count). The van der Waals surface area contributed by atoms with Crippen molar-refractivity contribution in [2.45, 2.75) is 38.7 Å². The van der Waals surface area contributed by atoms with Crippen molar-refractivity contribution < 1.29 is 9.53 Å². The van der Waals surface area contributed by atoms with Gasteiger partial charge >= 0.3 is 0 Å². The van der Waals surface area contributed by atoms with Crippen molar-refractivity contribution in [2.24, 2.45) is 11.1 Å². The molecule has 0 bridgehead atoms. The summed E-state index contributed by atoms with van der Waals surface area (Å²) in [5, 5.41) is 0. The van der Waals surface area contributed by atoms with Crippen LogP contribution in [0.15, 0.2) is 0 Å². The van der Waals surface area contributed by atoms with Gasteiger partial charge in [0, 0.05) is 25.0 Å². The van der Waals surface area contributed by atoms with Crippen LogP contribution in [0.5, 0.6) is 0 Å². The normalized spacial score (nSPS) is 29.4. The van der Waals surface area contributed by atoms with E-state index in [4.69, 9.17) is 10.5 Å². The van der Waals surface area contributed by atoms with E-state index in [-0.39, 0.29) is 11.5 Å². The second-order valence-electron chi connectivity index (χ2n) is 5.25. The third kappa shape index (κ3) is 2.23. The first kappa shape index (κ1) is 11.9. The molecule has 1 atom stereocenters. The third-order valence-electron chi connectivity index (χ3n) is 3.91. The predicted molar refractivity (Wildman–Crippen MR) is 61.9 cm³/mol. The molecule has 16 heavy (non-hydrogen) atoms. The molecule has 0 aromatic rings. The number of amides is 1. The lowest BCUT2D eigenvalue weighted by Gasteiger charge is -2.37. The molecule has 1 unspecified atom stereocenters. The maximum Gasteiger partial charge on any atom is 0.228 e. The summed E-state index contributed by atoms with van der Waals surface area (Å²) in [5.74, 6) is 0.312. The Morgan fingerprint density at radius 3 is 2.81 bits per heavy atom. The highest BCUT2D eigenvalue weighted by atomic mass is 16.5. The maximum atomic E-state index is 12.4. The van der Waals surface area contributed by atoms with Crippen LogP contribution < -0.4 is 5.73 Å². The molecule has 2 fully saturated rings. The molecule has 4 heteroatoms. The summed E-state index contributed by atoms with van der Waals surface area (Å²) in [7, 11) is 0. The zero-order valence-electron chi connectivity index (χ0n) is 10.1. The van der Waals surface area contributed by atoms with E-state index < -0.39 is 0 Å². The van der Waals surface area contributed by atoms with E-state index in [0.717, 1.165) is 19.4 Å². The molecule has 1 amide bonds. The van der Waals surface area contributed by atoms with E-state index in [1.807, 2.05) is 4.90 Å². The maximum absolute atomic E-state index is 12.4. The lowest BCUT2D eigenvalue weighted by atomic mass is 9.87. The number of carbonyl (C=O) groups is 1. The van der Waals surface area contributed by atoms with Gasteiger partial charge in [0.15, 0.2) is 0 Å². The number of nitrogens with zero attached hydrogens (tertiary/aromatic N) is 1. The average molecular weight is 226 g/mol. The van der Waals surface area contributed by atoms with Crippen LogP contribution in [0.4, 0.5) is 0 Å². The minimum absolute atomic E-state index is 0.0303. The summed E-state index contributed by atoms with van der Waals surface area (Å²) in [6.07, 6.45) is 4.48. The van der Waals surface area contributed by atoms with Gasteiger partial charge in [0.2, 0.25) is 5.91 Å². The van der Waals surface area contributed by atoms with E-state index in [1.165, 1.54) is 12.8 Å². The zero-order chi connectivity index (χ0) is 11.6. The molecular formula is C12H22N2O2. The van der Waals surface area contributed by atoms with Crippen molar-refractivity contribution in [2.75, 3.05) is 26.2 Å². The Hall–Kier alpha value is -0.610. The van der Waals surface area contributed by atoms with Gasteiger partial charge < -0.3 is 15.4 Å². The van der Waals surface area contributed by atoms with Crippen LogP contribution in [0.1, 0.15) is 32.6 Å². The first-order valence-electron chi connectivity index (χ1n) is 6.27. The van der Waals surface area contributed by atoms with Crippen molar-refractivity contribution in [1.82, 2.24) is 4.90 Å². The van der Waals surface area contributed by atoms with Crippen molar-refractivity contribution in [3.05, 3.63) is 0 Å². The Morgan fingerprint density at radius 1 is 1.50 bits per heavy atom. The van der Waals surface area contributed by atoms with Gasteiger partial charge in [-0.05, 0) is 12.8 Å². The number of nitrogens with two attached hydrogens (primary N) is 1. The lowest BCUT2D eigenvalue weighted by molar-refractivity contribution is -0.148. The summed E-state index contributed by atoms with van der Waals surface area (Å²) in [5.41, 5.74) is 5.47. The number of hydrogen-bond acceptors (Lipinski definition) is 3. The van der Waals surface area contributed by atoms with Crippen LogP contribution in [-0.2, 0) is 9.53 Å². The first-order chi connectivity index (χ1) is 7.65. The molecule has 1 heterocycles.